The summed E-state index contributed by atoms with van der Waals surface area (Å²) in [4.78, 5) is 0. The molecule has 0 aliphatic carbocycles. The number of ether oxygens (including phenoxy) is 1. The minimum absolute atomic E-state index is 0.0164. The van der Waals surface area contributed by atoms with E-state index in [1.807, 2.05) is 30.3 Å². The highest BCUT2D eigenvalue weighted by Gasteiger charge is 2.26. The lowest BCUT2D eigenvalue weighted by Crippen LogP contribution is -2.38. The maximum atomic E-state index is 9.87. The molecule has 0 amide bonds. The van der Waals surface area contributed by atoms with Gasteiger partial charge in [0.05, 0.1) is 12.2 Å². The Morgan fingerprint density at radius 3 is 2.21 bits per heavy atom. The topological polar surface area (TPSA) is 49.7 Å². The summed E-state index contributed by atoms with van der Waals surface area (Å²) in [5, 5.41) is 19.4. The standard InChI is InChI=1S/C16H26O3/c1-12(2)11-19-16(13(3)18)15(10-17)9-14-7-5-4-6-8-14/h4-8,12-13,15-18H,9-11H2,1-3H3. The van der Waals surface area contributed by atoms with Gasteiger partial charge >= 0.3 is 0 Å². The fraction of sp³-hybridized carbons (Fsp3) is 0.625. The average molecular weight is 266 g/mol. The van der Waals surface area contributed by atoms with E-state index in [1.165, 1.54) is 0 Å². The predicted octanol–water partition coefficient (Wildman–Crippen LogP) is 2.26. The molecule has 3 unspecified atom stereocenters. The van der Waals surface area contributed by atoms with Crippen LogP contribution in [-0.4, -0.2) is 35.6 Å². The van der Waals surface area contributed by atoms with Gasteiger partial charge in [0.25, 0.3) is 0 Å². The molecule has 108 valence electrons. The molecule has 0 aliphatic heterocycles. The molecule has 0 fully saturated rings. The fourth-order valence-electron chi connectivity index (χ4n) is 2.17. The molecule has 0 spiro atoms. The minimum Gasteiger partial charge on any atom is -0.396 e. The van der Waals surface area contributed by atoms with Crippen LogP contribution in [0.1, 0.15) is 26.3 Å². The van der Waals surface area contributed by atoms with E-state index in [0.29, 0.717) is 18.9 Å². The molecule has 0 radical (unpaired) electrons. The Kier molecular flexibility index (Phi) is 7.06. The van der Waals surface area contributed by atoms with Crippen LogP contribution in [0.3, 0.4) is 0 Å². The van der Waals surface area contributed by atoms with Gasteiger partial charge in [0, 0.05) is 19.1 Å². The Morgan fingerprint density at radius 2 is 1.74 bits per heavy atom. The number of hydrogen-bond acceptors (Lipinski definition) is 3. The van der Waals surface area contributed by atoms with Crippen molar-refractivity contribution >= 4 is 0 Å². The van der Waals surface area contributed by atoms with Crippen molar-refractivity contribution in [3.63, 3.8) is 0 Å². The Hall–Kier alpha value is -0.900. The second-order valence-corrected chi connectivity index (χ2v) is 5.56. The molecule has 0 aliphatic rings. The lowest BCUT2D eigenvalue weighted by atomic mass is 9.92. The number of rotatable bonds is 8. The average Bonchev–Trinajstić information content (AvgIpc) is 2.38. The number of benzene rings is 1. The van der Waals surface area contributed by atoms with Crippen LogP contribution in [0.15, 0.2) is 30.3 Å². The van der Waals surface area contributed by atoms with Crippen molar-refractivity contribution in [2.45, 2.75) is 39.4 Å². The van der Waals surface area contributed by atoms with E-state index in [1.54, 1.807) is 6.92 Å². The van der Waals surface area contributed by atoms with Crippen molar-refractivity contribution in [2.75, 3.05) is 13.2 Å². The third-order valence-electron chi connectivity index (χ3n) is 3.14. The normalized spacial score (nSPS) is 16.3. The summed E-state index contributed by atoms with van der Waals surface area (Å²) in [7, 11) is 0. The molecular weight excluding hydrogens is 240 g/mol. The lowest BCUT2D eigenvalue weighted by Gasteiger charge is -2.29. The van der Waals surface area contributed by atoms with E-state index in [9.17, 15) is 10.2 Å². The summed E-state index contributed by atoms with van der Waals surface area (Å²) >= 11 is 0. The molecule has 3 nitrogen and oxygen atoms in total. The molecule has 19 heavy (non-hydrogen) atoms. The number of hydrogen-bond donors (Lipinski definition) is 2. The zero-order valence-electron chi connectivity index (χ0n) is 12.1. The molecule has 1 aromatic carbocycles. The zero-order valence-corrected chi connectivity index (χ0v) is 12.1. The van der Waals surface area contributed by atoms with Crippen molar-refractivity contribution in [1.82, 2.24) is 0 Å². The first-order valence-corrected chi connectivity index (χ1v) is 6.99. The van der Waals surface area contributed by atoms with E-state index < -0.39 is 6.10 Å². The van der Waals surface area contributed by atoms with Crippen LogP contribution in [0.5, 0.6) is 0 Å². The molecule has 0 saturated carbocycles. The molecule has 0 aromatic heterocycles. The van der Waals surface area contributed by atoms with Gasteiger partial charge in [-0.1, -0.05) is 44.2 Å². The summed E-state index contributed by atoms with van der Waals surface area (Å²) < 4.78 is 5.78. The van der Waals surface area contributed by atoms with Crippen molar-refractivity contribution in [3.8, 4) is 0 Å². The summed E-state index contributed by atoms with van der Waals surface area (Å²) in [5.41, 5.74) is 1.15. The first-order valence-electron chi connectivity index (χ1n) is 6.99. The van der Waals surface area contributed by atoms with Gasteiger partial charge in [-0.25, -0.2) is 0 Å². The molecule has 3 atom stereocenters. The second-order valence-electron chi connectivity index (χ2n) is 5.56. The van der Waals surface area contributed by atoms with Crippen molar-refractivity contribution in [2.24, 2.45) is 11.8 Å². The Labute approximate surface area is 116 Å². The van der Waals surface area contributed by atoms with Gasteiger partial charge in [0.2, 0.25) is 0 Å². The maximum Gasteiger partial charge on any atom is 0.0884 e. The molecule has 1 aromatic rings. The summed E-state index contributed by atoms with van der Waals surface area (Å²) in [5.74, 6) is 0.332. The first kappa shape index (κ1) is 16.2. The highest BCUT2D eigenvalue weighted by atomic mass is 16.5. The molecule has 2 N–H and O–H groups in total. The van der Waals surface area contributed by atoms with Gasteiger partial charge in [-0.15, -0.1) is 0 Å². The molecule has 0 bridgehead atoms. The zero-order chi connectivity index (χ0) is 14.3. The second kappa shape index (κ2) is 8.31. The van der Waals surface area contributed by atoms with Gasteiger partial charge in [-0.2, -0.15) is 0 Å². The van der Waals surface area contributed by atoms with Crippen LogP contribution in [0.4, 0.5) is 0 Å². The molecular formula is C16H26O3. The highest BCUT2D eigenvalue weighted by molar-refractivity contribution is 5.15. The van der Waals surface area contributed by atoms with Crippen LogP contribution in [0.25, 0.3) is 0 Å². The SMILES string of the molecule is CC(C)COC(C(C)O)C(CO)Cc1ccccc1. The monoisotopic (exact) mass is 266 g/mol. The molecule has 3 heteroatoms. The number of aliphatic hydroxyl groups is 2. The van der Waals surface area contributed by atoms with E-state index >= 15 is 0 Å². The smallest absolute Gasteiger partial charge is 0.0884 e. The highest BCUT2D eigenvalue weighted by Crippen LogP contribution is 2.18. The Morgan fingerprint density at radius 1 is 1.11 bits per heavy atom. The summed E-state index contributed by atoms with van der Waals surface area (Å²) in [6.07, 6.45) is -0.197. The van der Waals surface area contributed by atoms with Crippen LogP contribution >= 0.6 is 0 Å². The largest absolute Gasteiger partial charge is 0.396 e. The quantitative estimate of drug-likeness (QED) is 0.759. The van der Waals surface area contributed by atoms with Crippen molar-refractivity contribution < 1.29 is 14.9 Å². The Balaban J connectivity index is 2.67. The molecule has 0 saturated heterocycles. The van der Waals surface area contributed by atoms with Crippen molar-refractivity contribution in [1.29, 1.82) is 0 Å². The molecule has 0 heterocycles. The van der Waals surface area contributed by atoms with Gasteiger partial charge in [0.15, 0.2) is 0 Å². The van der Waals surface area contributed by atoms with Crippen LogP contribution in [0, 0.1) is 11.8 Å². The van der Waals surface area contributed by atoms with E-state index in [2.05, 4.69) is 13.8 Å². The fourth-order valence-corrected chi connectivity index (χ4v) is 2.17. The van der Waals surface area contributed by atoms with E-state index in [0.717, 1.165) is 5.56 Å². The third-order valence-corrected chi connectivity index (χ3v) is 3.14. The lowest BCUT2D eigenvalue weighted by molar-refractivity contribution is -0.0798. The Bertz CT molecular complexity index is 335. The van der Waals surface area contributed by atoms with E-state index in [-0.39, 0.29) is 18.6 Å². The number of aliphatic hydroxyl groups excluding tert-OH is 2. The van der Waals surface area contributed by atoms with Gasteiger partial charge < -0.3 is 14.9 Å². The third kappa shape index (κ3) is 5.72. The summed E-state index contributed by atoms with van der Waals surface area (Å²) in [6, 6.07) is 10.00. The molecule has 1 rings (SSSR count). The maximum absolute atomic E-state index is 9.87. The first-order chi connectivity index (χ1) is 9.04. The summed E-state index contributed by atoms with van der Waals surface area (Å²) in [6.45, 7) is 6.48. The van der Waals surface area contributed by atoms with E-state index in [4.69, 9.17) is 4.74 Å². The van der Waals surface area contributed by atoms with Gasteiger partial charge in [-0.3, -0.25) is 0 Å². The van der Waals surface area contributed by atoms with Gasteiger partial charge in [0.1, 0.15) is 0 Å². The van der Waals surface area contributed by atoms with Crippen LogP contribution in [0.2, 0.25) is 0 Å². The van der Waals surface area contributed by atoms with Gasteiger partial charge in [-0.05, 0) is 24.8 Å². The van der Waals surface area contributed by atoms with Crippen LogP contribution in [-0.2, 0) is 11.2 Å². The minimum atomic E-state index is -0.584. The van der Waals surface area contributed by atoms with Crippen LogP contribution < -0.4 is 0 Å². The predicted molar refractivity (Wildman–Crippen MR) is 77.0 cm³/mol. The van der Waals surface area contributed by atoms with Crippen molar-refractivity contribution in [3.05, 3.63) is 35.9 Å².